The molecule has 0 amide bonds. The highest BCUT2D eigenvalue weighted by molar-refractivity contribution is 6.31. The second-order valence-electron chi connectivity index (χ2n) is 5.50. The molecule has 0 saturated heterocycles. The number of hydrogen-bond donors (Lipinski definition) is 1. The van der Waals surface area contributed by atoms with Gasteiger partial charge in [0.2, 0.25) is 6.33 Å². The smallest absolute Gasteiger partial charge is 0.258 e. The van der Waals surface area contributed by atoms with E-state index in [-0.39, 0.29) is 5.56 Å². The summed E-state index contributed by atoms with van der Waals surface area (Å²) in [6.45, 7) is 4.27. The maximum Gasteiger partial charge on any atom is 0.258 e. The standard InChI is InChI=1S/C18H13ClN4O/c1-2-22-11-23(16-6-4-3-5-15(16)22)10-17-20-14-9-12(19)7-8-13(14)18(24)21-17/h2-9,11H,1,10H2/p+1. The van der Waals surface area contributed by atoms with Gasteiger partial charge in [-0.05, 0) is 30.3 Å². The van der Waals surface area contributed by atoms with Crippen LogP contribution in [0.2, 0.25) is 5.02 Å². The number of rotatable bonds is 3. The average Bonchev–Trinajstić information content (AvgIpc) is 2.92. The third kappa shape index (κ3) is 2.39. The number of nitrogens with one attached hydrogen (secondary N) is 1. The van der Waals surface area contributed by atoms with Gasteiger partial charge in [0.15, 0.2) is 16.9 Å². The van der Waals surface area contributed by atoms with E-state index in [2.05, 4.69) is 16.5 Å². The number of fused-ring (bicyclic) bond motifs is 2. The fraction of sp³-hybridized carbons (Fsp3) is 0.0556. The van der Waals surface area contributed by atoms with Crippen LogP contribution in [0.15, 0.2) is 60.2 Å². The van der Waals surface area contributed by atoms with Crippen molar-refractivity contribution >= 4 is 39.7 Å². The Balaban J connectivity index is 1.85. The van der Waals surface area contributed by atoms with Crippen LogP contribution < -0.4 is 10.1 Å². The Hall–Kier alpha value is -2.92. The van der Waals surface area contributed by atoms with Crippen molar-refractivity contribution in [2.45, 2.75) is 6.54 Å². The van der Waals surface area contributed by atoms with Gasteiger partial charge in [-0.2, -0.15) is 0 Å². The molecule has 0 atom stereocenters. The number of hydrogen-bond acceptors (Lipinski definition) is 2. The first-order chi connectivity index (χ1) is 11.7. The van der Waals surface area contributed by atoms with E-state index in [9.17, 15) is 4.79 Å². The first-order valence-corrected chi connectivity index (χ1v) is 7.83. The number of aromatic amines is 1. The van der Waals surface area contributed by atoms with Crippen molar-refractivity contribution in [3.05, 3.63) is 76.6 Å². The van der Waals surface area contributed by atoms with Crippen LogP contribution in [-0.4, -0.2) is 14.5 Å². The van der Waals surface area contributed by atoms with Gasteiger partial charge in [-0.25, -0.2) is 14.1 Å². The summed E-state index contributed by atoms with van der Waals surface area (Å²) in [5.74, 6) is 0.576. The maximum atomic E-state index is 12.3. The second-order valence-corrected chi connectivity index (χ2v) is 5.93. The van der Waals surface area contributed by atoms with Crippen LogP contribution in [0.3, 0.4) is 0 Å². The number of halogens is 1. The van der Waals surface area contributed by atoms with Crippen molar-refractivity contribution in [1.82, 2.24) is 14.5 Å². The van der Waals surface area contributed by atoms with E-state index in [1.807, 2.05) is 39.7 Å². The Labute approximate surface area is 142 Å². The van der Waals surface area contributed by atoms with Gasteiger partial charge in [0.1, 0.15) is 6.54 Å². The monoisotopic (exact) mass is 337 g/mol. The molecule has 1 N–H and O–H groups in total. The molecular formula is C18H14ClN4O+. The molecule has 4 rings (SSSR count). The number of imidazole rings is 1. The predicted octanol–water partition coefficient (Wildman–Crippen LogP) is 2.97. The molecule has 0 radical (unpaired) electrons. The molecule has 0 aliphatic heterocycles. The minimum Gasteiger partial charge on any atom is -0.307 e. The summed E-state index contributed by atoms with van der Waals surface area (Å²) >= 11 is 6.01. The van der Waals surface area contributed by atoms with Gasteiger partial charge in [-0.1, -0.05) is 30.3 Å². The lowest BCUT2D eigenvalue weighted by molar-refractivity contribution is -0.663. The van der Waals surface area contributed by atoms with Gasteiger partial charge in [0.05, 0.1) is 17.1 Å². The van der Waals surface area contributed by atoms with E-state index < -0.39 is 0 Å². The highest BCUT2D eigenvalue weighted by atomic mass is 35.5. The van der Waals surface area contributed by atoms with Crippen LogP contribution >= 0.6 is 11.6 Å². The summed E-state index contributed by atoms with van der Waals surface area (Å²) in [7, 11) is 0. The third-order valence-electron chi connectivity index (χ3n) is 3.97. The molecule has 24 heavy (non-hydrogen) atoms. The van der Waals surface area contributed by atoms with Crippen LogP contribution in [0.25, 0.3) is 28.1 Å². The molecule has 0 saturated carbocycles. The van der Waals surface area contributed by atoms with Crippen molar-refractivity contribution in [3.63, 3.8) is 0 Å². The van der Waals surface area contributed by atoms with Crippen molar-refractivity contribution < 1.29 is 4.57 Å². The number of benzene rings is 2. The van der Waals surface area contributed by atoms with E-state index in [0.29, 0.717) is 28.3 Å². The minimum atomic E-state index is -0.167. The van der Waals surface area contributed by atoms with Gasteiger partial charge in [0, 0.05) is 5.02 Å². The van der Waals surface area contributed by atoms with Crippen molar-refractivity contribution in [2.24, 2.45) is 0 Å². The lowest BCUT2D eigenvalue weighted by Crippen LogP contribution is -2.34. The molecule has 0 aliphatic carbocycles. The molecule has 2 heterocycles. The fourth-order valence-corrected chi connectivity index (χ4v) is 3.04. The first-order valence-electron chi connectivity index (χ1n) is 7.46. The molecule has 2 aromatic carbocycles. The first kappa shape index (κ1) is 14.7. The molecule has 0 bridgehead atoms. The topological polar surface area (TPSA) is 54.6 Å². The maximum absolute atomic E-state index is 12.3. The largest absolute Gasteiger partial charge is 0.307 e. The van der Waals surface area contributed by atoms with Crippen LogP contribution in [0.4, 0.5) is 0 Å². The molecule has 5 nitrogen and oxygen atoms in total. The van der Waals surface area contributed by atoms with Crippen LogP contribution in [0, 0.1) is 0 Å². The molecular weight excluding hydrogens is 324 g/mol. The number of nitrogens with zero attached hydrogens (tertiary/aromatic N) is 3. The SMILES string of the molecule is C=Cn1c[n+](Cc2nc3cc(Cl)ccc3c(=O)[nH]2)c2ccccc21. The Morgan fingerprint density at radius 1 is 1.29 bits per heavy atom. The summed E-state index contributed by atoms with van der Waals surface area (Å²) in [4.78, 5) is 19.6. The summed E-state index contributed by atoms with van der Waals surface area (Å²) in [5.41, 5.74) is 2.50. The van der Waals surface area contributed by atoms with Gasteiger partial charge >= 0.3 is 0 Å². The highest BCUT2D eigenvalue weighted by Crippen LogP contribution is 2.15. The molecule has 0 aliphatic rings. The summed E-state index contributed by atoms with van der Waals surface area (Å²) in [5, 5.41) is 1.09. The summed E-state index contributed by atoms with van der Waals surface area (Å²) in [6.07, 6.45) is 3.68. The van der Waals surface area contributed by atoms with E-state index in [4.69, 9.17) is 11.6 Å². The molecule has 0 fully saturated rings. The zero-order valence-corrected chi connectivity index (χ0v) is 13.5. The molecule has 6 heteroatoms. The van der Waals surface area contributed by atoms with E-state index in [1.54, 1.807) is 24.4 Å². The van der Waals surface area contributed by atoms with Gasteiger partial charge in [-0.15, -0.1) is 0 Å². The number of H-pyrrole nitrogens is 1. The van der Waals surface area contributed by atoms with Gasteiger partial charge in [-0.3, -0.25) is 4.79 Å². The lowest BCUT2D eigenvalue weighted by Gasteiger charge is -2.02. The molecule has 118 valence electrons. The predicted molar refractivity (Wildman–Crippen MR) is 95.0 cm³/mol. The molecule has 0 spiro atoms. The van der Waals surface area contributed by atoms with Crippen molar-refractivity contribution in [1.29, 1.82) is 0 Å². The van der Waals surface area contributed by atoms with Gasteiger partial charge in [0.25, 0.3) is 5.56 Å². The Bertz CT molecular complexity index is 1140. The van der Waals surface area contributed by atoms with Gasteiger partial charge < -0.3 is 4.98 Å². The molecule has 0 unspecified atom stereocenters. The van der Waals surface area contributed by atoms with Crippen molar-refractivity contribution in [2.75, 3.05) is 0 Å². The highest BCUT2D eigenvalue weighted by Gasteiger charge is 2.15. The second kappa shape index (κ2) is 5.62. The normalized spacial score (nSPS) is 11.2. The van der Waals surface area contributed by atoms with Crippen LogP contribution in [0.5, 0.6) is 0 Å². The number of aromatic nitrogens is 4. The third-order valence-corrected chi connectivity index (χ3v) is 4.20. The Kier molecular flexibility index (Phi) is 3.43. The summed E-state index contributed by atoms with van der Waals surface area (Å²) in [6, 6.07) is 13.1. The van der Waals surface area contributed by atoms with E-state index in [1.165, 1.54) is 0 Å². The zero-order chi connectivity index (χ0) is 16.7. The Morgan fingerprint density at radius 3 is 2.96 bits per heavy atom. The van der Waals surface area contributed by atoms with E-state index in [0.717, 1.165) is 11.0 Å². The molecule has 4 aromatic rings. The number of para-hydroxylation sites is 2. The average molecular weight is 338 g/mol. The fourth-order valence-electron chi connectivity index (χ4n) is 2.87. The van der Waals surface area contributed by atoms with Crippen LogP contribution in [0.1, 0.15) is 5.82 Å². The Morgan fingerprint density at radius 2 is 2.12 bits per heavy atom. The van der Waals surface area contributed by atoms with Crippen molar-refractivity contribution in [3.8, 4) is 0 Å². The van der Waals surface area contributed by atoms with Crippen LogP contribution in [-0.2, 0) is 6.54 Å². The zero-order valence-electron chi connectivity index (χ0n) is 12.7. The van der Waals surface area contributed by atoms with E-state index >= 15 is 0 Å². The summed E-state index contributed by atoms with van der Waals surface area (Å²) < 4.78 is 3.96. The quantitative estimate of drug-likeness (QED) is 0.584. The molecule has 2 aromatic heterocycles. The lowest BCUT2D eigenvalue weighted by atomic mass is 10.2. The minimum absolute atomic E-state index is 0.167.